The maximum Gasteiger partial charge on any atom is 1.00 e. The van der Waals surface area contributed by atoms with Crippen LogP contribution in [0.3, 0.4) is 0 Å². The molecule has 0 aromatic carbocycles. The van der Waals surface area contributed by atoms with Crippen LogP contribution in [0.25, 0.3) is 0 Å². The predicted molar refractivity (Wildman–Crippen MR) is 22.8 cm³/mol. The van der Waals surface area contributed by atoms with E-state index in [2.05, 4.69) is 0 Å². The number of hydrogen-bond acceptors (Lipinski definition) is 0. The quantitative estimate of drug-likeness (QED) is 0.305. The molecule has 0 aliphatic rings. The molecule has 34 valence electrons. The SMILES string of the molecule is Cl.Cl.O.O.[H-].[Na+]. The molecule has 0 atom stereocenters. The second-order valence-corrected chi connectivity index (χ2v) is 0. The van der Waals surface area contributed by atoms with Gasteiger partial charge in [-0.25, -0.2) is 0 Å². The summed E-state index contributed by atoms with van der Waals surface area (Å²) in [5, 5.41) is 0. The zero-order valence-corrected chi connectivity index (χ0v) is 6.45. The first-order chi connectivity index (χ1) is 0. The van der Waals surface area contributed by atoms with Gasteiger partial charge in [-0.2, -0.15) is 0 Å². The van der Waals surface area contributed by atoms with Gasteiger partial charge in [-0.05, 0) is 0 Å². The van der Waals surface area contributed by atoms with E-state index in [0.29, 0.717) is 0 Å². The first-order valence-corrected chi connectivity index (χ1v) is 0. The molecule has 0 saturated heterocycles. The van der Waals surface area contributed by atoms with E-state index in [1.807, 2.05) is 0 Å². The van der Waals surface area contributed by atoms with Crippen LogP contribution in [0.4, 0.5) is 0 Å². The van der Waals surface area contributed by atoms with E-state index in [1.165, 1.54) is 0 Å². The van der Waals surface area contributed by atoms with Gasteiger partial charge in [0.2, 0.25) is 0 Å². The molecular formula is H7Cl2NaO2. The van der Waals surface area contributed by atoms with Crippen LogP contribution in [0.5, 0.6) is 0 Å². The van der Waals surface area contributed by atoms with E-state index in [0.717, 1.165) is 0 Å². The molecule has 5 heteroatoms. The maximum atomic E-state index is 0. The fourth-order valence-electron chi connectivity index (χ4n) is 0. The van der Waals surface area contributed by atoms with Crippen LogP contribution in [0.1, 0.15) is 1.43 Å². The van der Waals surface area contributed by atoms with Crippen molar-refractivity contribution in [2.24, 2.45) is 0 Å². The topological polar surface area (TPSA) is 63.0 Å². The molecule has 0 bridgehead atoms. The van der Waals surface area contributed by atoms with Gasteiger partial charge in [0.15, 0.2) is 0 Å². The van der Waals surface area contributed by atoms with Crippen LogP contribution in [0.15, 0.2) is 0 Å². The smallest absolute Gasteiger partial charge is 1.00 e. The molecule has 5 heavy (non-hydrogen) atoms. The Morgan fingerprint density at radius 1 is 0.800 bits per heavy atom. The molecule has 2 nitrogen and oxygen atoms in total. The molecule has 0 amide bonds. The van der Waals surface area contributed by atoms with Crippen LogP contribution < -0.4 is 29.6 Å². The second-order valence-electron chi connectivity index (χ2n) is 0. The minimum absolute atomic E-state index is 0. The standard InChI is InChI=1S/2ClH.Na.2H2O.H/h2*1H;;2*1H2;/q;;+1;;;-1. The van der Waals surface area contributed by atoms with Crippen LogP contribution in [-0.4, -0.2) is 11.0 Å². The fraction of sp³-hybridized carbons (Fsp3) is 0. The molecule has 0 aliphatic heterocycles. The summed E-state index contributed by atoms with van der Waals surface area (Å²) in [7, 11) is 0. The summed E-state index contributed by atoms with van der Waals surface area (Å²) >= 11 is 0. The summed E-state index contributed by atoms with van der Waals surface area (Å²) in [4.78, 5) is 0. The average molecular weight is 133 g/mol. The molecule has 0 spiro atoms. The first-order valence-electron chi connectivity index (χ1n) is 0. The summed E-state index contributed by atoms with van der Waals surface area (Å²) in [5.74, 6) is 0. The number of rotatable bonds is 0. The van der Waals surface area contributed by atoms with Crippen LogP contribution >= 0.6 is 24.8 Å². The van der Waals surface area contributed by atoms with Crippen molar-refractivity contribution in [3.05, 3.63) is 0 Å². The van der Waals surface area contributed by atoms with Gasteiger partial charge in [-0.3, -0.25) is 0 Å². The summed E-state index contributed by atoms with van der Waals surface area (Å²) in [6, 6.07) is 0. The first kappa shape index (κ1) is 87.4. The molecule has 0 aromatic heterocycles. The van der Waals surface area contributed by atoms with Crippen molar-refractivity contribution < 1.29 is 41.9 Å². The molecule has 0 fully saturated rings. The largest absolute Gasteiger partial charge is 1.00 e. The van der Waals surface area contributed by atoms with E-state index < -0.39 is 0 Å². The fourth-order valence-corrected chi connectivity index (χ4v) is 0. The molecule has 0 rings (SSSR count). The van der Waals surface area contributed by atoms with E-state index in [1.54, 1.807) is 0 Å². The minimum Gasteiger partial charge on any atom is -1.00 e. The van der Waals surface area contributed by atoms with Gasteiger partial charge >= 0.3 is 29.6 Å². The second kappa shape index (κ2) is 49.5. The number of hydrogen-bond donors (Lipinski definition) is 0. The molecule has 4 N–H and O–H groups in total. The Bertz CT molecular complexity index is 11.5. The monoisotopic (exact) mass is 132 g/mol. The third-order valence-electron chi connectivity index (χ3n) is 0. The Balaban J connectivity index is 0. The molecule has 0 saturated carbocycles. The predicted octanol–water partition coefficient (Wildman–Crippen LogP) is -3.69. The summed E-state index contributed by atoms with van der Waals surface area (Å²) in [6.07, 6.45) is 0. The van der Waals surface area contributed by atoms with Gasteiger partial charge in [0.1, 0.15) is 0 Å². The normalized spacial score (nSPS) is 0. The minimum atomic E-state index is 0. The third-order valence-corrected chi connectivity index (χ3v) is 0. The molecule has 0 aliphatic carbocycles. The summed E-state index contributed by atoms with van der Waals surface area (Å²) in [5.41, 5.74) is 0. The summed E-state index contributed by atoms with van der Waals surface area (Å²) in [6.45, 7) is 0. The Kier molecular flexibility index (Phi) is 865. The van der Waals surface area contributed by atoms with Crippen molar-refractivity contribution in [1.82, 2.24) is 0 Å². The van der Waals surface area contributed by atoms with Gasteiger partial charge in [-0.15, -0.1) is 24.8 Å². The van der Waals surface area contributed by atoms with Crippen molar-refractivity contribution in [2.75, 3.05) is 0 Å². The molecule has 0 heterocycles. The Morgan fingerprint density at radius 2 is 0.800 bits per heavy atom. The summed E-state index contributed by atoms with van der Waals surface area (Å²) < 4.78 is 0. The average Bonchev–Trinajstić information content (AvgIpc) is 0. The van der Waals surface area contributed by atoms with Crippen molar-refractivity contribution >= 4 is 24.8 Å². The van der Waals surface area contributed by atoms with Gasteiger partial charge in [0.25, 0.3) is 0 Å². The maximum absolute atomic E-state index is 0. The van der Waals surface area contributed by atoms with Crippen LogP contribution in [0.2, 0.25) is 0 Å². The van der Waals surface area contributed by atoms with Crippen molar-refractivity contribution in [2.45, 2.75) is 0 Å². The van der Waals surface area contributed by atoms with Crippen LogP contribution in [0, 0.1) is 0 Å². The van der Waals surface area contributed by atoms with Crippen molar-refractivity contribution in [1.29, 1.82) is 0 Å². The number of halogens is 2. The Morgan fingerprint density at radius 3 is 0.800 bits per heavy atom. The molecule has 0 aromatic rings. The molecular weight excluding hydrogens is 126 g/mol. The molecule has 0 radical (unpaired) electrons. The molecule has 0 unspecified atom stereocenters. The van der Waals surface area contributed by atoms with Gasteiger partial charge in [-0.1, -0.05) is 0 Å². The Hall–Kier alpha value is 1.50. The van der Waals surface area contributed by atoms with E-state index >= 15 is 0 Å². The van der Waals surface area contributed by atoms with Gasteiger partial charge < -0.3 is 12.4 Å². The zero-order valence-electron chi connectivity index (χ0n) is 3.82. The zero-order chi connectivity index (χ0) is 0. The van der Waals surface area contributed by atoms with Crippen LogP contribution in [-0.2, 0) is 0 Å². The van der Waals surface area contributed by atoms with Crippen molar-refractivity contribution in [3.63, 3.8) is 0 Å². The van der Waals surface area contributed by atoms with E-state index in [9.17, 15) is 0 Å². The van der Waals surface area contributed by atoms with Gasteiger partial charge in [0.05, 0.1) is 0 Å². The van der Waals surface area contributed by atoms with Gasteiger partial charge in [0, 0.05) is 0 Å². The van der Waals surface area contributed by atoms with E-state index in [4.69, 9.17) is 0 Å². The third kappa shape index (κ3) is 29.9. The van der Waals surface area contributed by atoms with Crippen molar-refractivity contribution in [3.8, 4) is 0 Å². The Labute approximate surface area is 66.5 Å². The van der Waals surface area contributed by atoms with E-state index in [-0.39, 0.29) is 66.8 Å².